The topological polar surface area (TPSA) is 79.2 Å². The third-order valence-corrected chi connectivity index (χ3v) is 3.53. The highest BCUT2D eigenvalue weighted by molar-refractivity contribution is 6.22. The minimum atomic E-state index is -1.17. The number of carbonyl (C=O) groups is 2. The number of hydrogen-bond acceptors (Lipinski definition) is 5. The van der Waals surface area contributed by atoms with Crippen molar-refractivity contribution < 1.29 is 19.4 Å². The standard InChI is InChI=1S/C14H14N2O4/c17-13-10-2-1-9(16-3-5-20-6-4-16)7-12(10)15-8-11(13)14(18)19/h1-2,7-8,11H,3-6H2,(H,18,19). The van der Waals surface area contributed by atoms with Crippen molar-refractivity contribution in [1.29, 1.82) is 0 Å². The number of carbonyl (C=O) groups excluding carboxylic acids is 1. The molecule has 1 atom stereocenters. The largest absolute Gasteiger partial charge is 0.480 e. The first kappa shape index (κ1) is 12.8. The molecule has 0 saturated carbocycles. The van der Waals surface area contributed by atoms with Crippen LogP contribution in [-0.4, -0.2) is 49.4 Å². The monoisotopic (exact) mass is 274 g/mol. The zero-order valence-electron chi connectivity index (χ0n) is 10.8. The number of Topliss-reactive ketones (excluding diaryl/α,β-unsaturated/α-hetero) is 1. The van der Waals surface area contributed by atoms with Crippen LogP contribution in [0.25, 0.3) is 0 Å². The lowest BCUT2D eigenvalue weighted by atomic mass is 9.94. The molecule has 20 heavy (non-hydrogen) atoms. The van der Waals surface area contributed by atoms with E-state index in [-0.39, 0.29) is 0 Å². The Bertz CT molecular complexity index is 591. The molecule has 0 spiro atoms. The molecule has 104 valence electrons. The molecule has 2 heterocycles. The van der Waals surface area contributed by atoms with Crippen LogP contribution in [0.5, 0.6) is 0 Å². The van der Waals surface area contributed by atoms with Gasteiger partial charge < -0.3 is 14.7 Å². The number of aliphatic carboxylic acids is 1. The van der Waals surface area contributed by atoms with E-state index in [1.54, 1.807) is 6.07 Å². The second kappa shape index (κ2) is 5.05. The van der Waals surface area contributed by atoms with Crippen molar-refractivity contribution in [2.24, 2.45) is 10.9 Å². The van der Waals surface area contributed by atoms with Crippen molar-refractivity contribution in [3.05, 3.63) is 23.8 Å². The molecule has 1 fully saturated rings. The number of aliphatic imine (C=N–C) groups is 1. The third kappa shape index (κ3) is 2.18. The molecule has 3 rings (SSSR count). The number of carboxylic acid groups (broad SMARTS) is 1. The summed E-state index contributed by atoms with van der Waals surface area (Å²) in [5, 5.41) is 8.96. The first-order valence-electron chi connectivity index (χ1n) is 6.45. The normalized spacial score (nSPS) is 21.7. The SMILES string of the molecule is O=C(O)C1C=Nc2cc(N3CCOCC3)ccc2C1=O. The fourth-order valence-corrected chi connectivity index (χ4v) is 2.42. The molecule has 2 aliphatic rings. The van der Waals surface area contributed by atoms with Crippen LogP contribution in [0.2, 0.25) is 0 Å². The number of nitrogens with zero attached hydrogens (tertiary/aromatic N) is 2. The Hall–Kier alpha value is -2.21. The van der Waals surface area contributed by atoms with Gasteiger partial charge in [0.2, 0.25) is 0 Å². The lowest BCUT2D eigenvalue weighted by Crippen LogP contribution is -2.36. The number of ether oxygens (including phenoxy) is 1. The van der Waals surface area contributed by atoms with Gasteiger partial charge in [-0.05, 0) is 18.2 Å². The number of rotatable bonds is 2. The van der Waals surface area contributed by atoms with Gasteiger partial charge in [0, 0.05) is 30.6 Å². The molecule has 1 N–H and O–H groups in total. The van der Waals surface area contributed by atoms with Crippen LogP contribution in [0.4, 0.5) is 11.4 Å². The van der Waals surface area contributed by atoms with Crippen molar-refractivity contribution in [1.82, 2.24) is 0 Å². The van der Waals surface area contributed by atoms with Crippen molar-refractivity contribution in [3.63, 3.8) is 0 Å². The van der Waals surface area contributed by atoms with Crippen LogP contribution in [0.1, 0.15) is 10.4 Å². The quantitative estimate of drug-likeness (QED) is 0.818. The Morgan fingerprint density at radius 1 is 1.35 bits per heavy atom. The average Bonchev–Trinajstić information content (AvgIpc) is 2.48. The van der Waals surface area contributed by atoms with Gasteiger partial charge in [0.15, 0.2) is 11.7 Å². The molecular formula is C14H14N2O4. The summed E-state index contributed by atoms with van der Waals surface area (Å²) < 4.78 is 5.30. The van der Waals surface area contributed by atoms with E-state index in [9.17, 15) is 9.59 Å². The molecule has 2 aliphatic heterocycles. The third-order valence-electron chi connectivity index (χ3n) is 3.53. The highest BCUT2D eigenvalue weighted by Crippen LogP contribution is 2.31. The van der Waals surface area contributed by atoms with Crippen LogP contribution >= 0.6 is 0 Å². The number of fused-ring (bicyclic) bond motifs is 1. The molecule has 1 aromatic carbocycles. The summed E-state index contributed by atoms with van der Waals surface area (Å²) in [6, 6.07) is 5.32. The molecule has 0 aliphatic carbocycles. The molecule has 6 heteroatoms. The van der Waals surface area contributed by atoms with E-state index in [0.717, 1.165) is 18.8 Å². The van der Waals surface area contributed by atoms with Crippen molar-refractivity contribution >= 4 is 29.3 Å². The molecule has 0 bridgehead atoms. The van der Waals surface area contributed by atoms with Gasteiger partial charge in [0.05, 0.1) is 18.9 Å². The Labute approximate surface area is 115 Å². The molecule has 0 amide bonds. The van der Waals surface area contributed by atoms with Crippen LogP contribution in [-0.2, 0) is 9.53 Å². The van der Waals surface area contributed by atoms with E-state index in [1.165, 1.54) is 6.21 Å². The van der Waals surface area contributed by atoms with E-state index < -0.39 is 17.7 Å². The second-order valence-electron chi connectivity index (χ2n) is 4.76. The van der Waals surface area contributed by atoms with E-state index in [1.807, 2.05) is 12.1 Å². The summed E-state index contributed by atoms with van der Waals surface area (Å²) in [6.07, 6.45) is 1.20. The number of hydrogen-bond donors (Lipinski definition) is 1. The van der Waals surface area contributed by atoms with Gasteiger partial charge in [-0.1, -0.05) is 0 Å². The summed E-state index contributed by atoms with van der Waals surface area (Å²) in [4.78, 5) is 29.3. The molecule has 0 aromatic heterocycles. The summed E-state index contributed by atoms with van der Waals surface area (Å²) in [6.45, 7) is 2.96. The van der Waals surface area contributed by atoms with Crippen molar-refractivity contribution in [3.8, 4) is 0 Å². The Kier molecular flexibility index (Phi) is 3.23. The molecule has 1 saturated heterocycles. The fourth-order valence-electron chi connectivity index (χ4n) is 2.42. The highest BCUT2D eigenvalue weighted by atomic mass is 16.5. The van der Waals surface area contributed by atoms with Gasteiger partial charge in [-0.15, -0.1) is 0 Å². The number of anilines is 1. The molecule has 1 aromatic rings. The number of ketones is 1. The maximum Gasteiger partial charge on any atom is 0.319 e. The average molecular weight is 274 g/mol. The zero-order chi connectivity index (χ0) is 14.1. The van der Waals surface area contributed by atoms with Crippen LogP contribution < -0.4 is 4.90 Å². The Balaban J connectivity index is 1.91. The van der Waals surface area contributed by atoms with Gasteiger partial charge in [-0.25, -0.2) is 0 Å². The zero-order valence-corrected chi connectivity index (χ0v) is 10.8. The van der Waals surface area contributed by atoms with Crippen LogP contribution in [0.15, 0.2) is 23.2 Å². The van der Waals surface area contributed by atoms with Gasteiger partial charge in [0.1, 0.15) is 0 Å². The lowest BCUT2D eigenvalue weighted by molar-refractivity contribution is -0.137. The summed E-state index contributed by atoms with van der Waals surface area (Å²) in [5.74, 6) is -2.74. The van der Waals surface area contributed by atoms with E-state index in [4.69, 9.17) is 9.84 Å². The molecular weight excluding hydrogens is 260 g/mol. The molecule has 6 nitrogen and oxygen atoms in total. The highest BCUT2D eigenvalue weighted by Gasteiger charge is 2.30. The maximum absolute atomic E-state index is 12.0. The smallest absolute Gasteiger partial charge is 0.319 e. The van der Waals surface area contributed by atoms with Gasteiger partial charge in [-0.2, -0.15) is 0 Å². The first-order valence-corrected chi connectivity index (χ1v) is 6.45. The van der Waals surface area contributed by atoms with E-state index in [2.05, 4.69) is 9.89 Å². The molecule has 0 radical (unpaired) electrons. The van der Waals surface area contributed by atoms with Gasteiger partial charge in [0.25, 0.3) is 0 Å². The predicted octanol–water partition coefficient (Wildman–Crippen LogP) is 1.12. The summed E-state index contributed by atoms with van der Waals surface area (Å²) >= 11 is 0. The van der Waals surface area contributed by atoms with E-state index >= 15 is 0 Å². The fraction of sp³-hybridized carbons (Fsp3) is 0.357. The van der Waals surface area contributed by atoms with Crippen LogP contribution in [0.3, 0.4) is 0 Å². The first-order chi connectivity index (χ1) is 9.66. The summed E-state index contributed by atoms with van der Waals surface area (Å²) in [7, 11) is 0. The molecule has 1 unspecified atom stereocenters. The van der Waals surface area contributed by atoms with Gasteiger partial charge in [-0.3, -0.25) is 14.6 Å². The lowest BCUT2D eigenvalue weighted by Gasteiger charge is -2.29. The van der Waals surface area contributed by atoms with E-state index in [0.29, 0.717) is 24.5 Å². The van der Waals surface area contributed by atoms with Crippen molar-refractivity contribution in [2.75, 3.05) is 31.2 Å². The Morgan fingerprint density at radius 3 is 2.80 bits per heavy atom. The van der Waals surface area contributed by atoms with Crippen LogP contribution in [0, 0.1) is 5.92 Å². The van der Waals surface area contributed by atoms with Gasteiger partial charge >= 0.3 is 5.97 Å². The minimum Gasteiger partial charge on any atom is -0.480 e. The summed E-state index contributed by atoms with van der Waals surface area (Å²) in [5.41, 5.74) is 1.89. The second-order valence-corrected chi connectivity index (χ2v) is 4.76. The van der Waals surface area contributed by atoms with Crippen molar-refractivity contribution in [2.45, 2.75) is 0 Å². The number of morpholine rings is 1. The number of carboxylic acids is 1. The minimum absolute atomic E-state index is 0.372. The number of benzene rings is 1. The predicted molar refractivity (Wildman–Crippen MR) is 73.1 cm³/mol. The maximum atomic E-state index is 12.0. The Morgan fingerprint density at radius 2 is 2.10 bits per heavy atom.